The Labute approximate surface area is 99.9 Å². The molecule has 2 aromatic rings. The van der Waals surface area contributed by atoms with Crippen molar-refractivity contribution in [1.29, 1.82) is 5.26 Å². The zero-order valence-corrected chi connectivity index (χ0v) is 10.4. The van der Waals surface area contributed by atoms with Gasteiger partial charge in [0.15, 0.2) is 0 Å². The molecule has 0 bridgehead atoms. The average molecular weight is 284 g/mol. The number of alkyl halides is 1. The van der Waals surface area contributed by atoms with Gasteiger partial charge in [0.25, 0.3) is 0 Å². The first-order valence-electron chi connectivity index (χ1n) is 3.96. The van der Waals surface area contributed by atoms with Gasteiger partial charge in [0, 0.05) is 15.4 Å². The van der Waals surface area contributed by atoms with Gasteiger partial charge in [-0.2, -0.15) is 5.26 Å². The molecule has 2 rings (SSSR count). The zero-order chi connectivity index (χ0) is 10.1. The fourth-order valence-corrected chi connectivity index (χ4v) is 3.09. The lowest BCUT2D eigenvalue weighted by molar-refractivity contribution is 1.40. The van der Waals surface area contributed by atoms with E-state index in [4.69, 9.17) is 5.26 Å². The van der Waals surface area contributed by atoms with E-state index in [-0.39, 0.29) is 0 Å². The summed E-state index contributed by atoms with van der Waals surface area (Å²) in [6.45, 7) is 0. The van der Waals surface area contributed by atoms with Crippen LogP contribution in [0.4, 0.5) is 0 Å². The maximum Gasteiger partial charge on any atom is 0.100 e. The van der Waals surface area contributed by atoms with Gasteiger partial charge in [-0.1, -0.05) is 22.0 Å². The van der Waals surface area contributed by atoms with E-state index in [9.17, 15) is 0 Å². The minimum absolute atomic E-state index is 0.712. The molecule has 1 nitrogen and oxygen atoms in total. The predicted octanol–water partition coefficient (Wildman–Crippen LogP) is 3.96. The van der Waals surface area contributed by atoms with Crippen LogP contribution in [0.3, 0.4) is 0 Å². The predicted molar refractivity (Wildman–Crippen MR) is 66.4 cm³/mol. The number of rotatable bonds is 1. The van der Waals surface area contributed by atoms with E-state index in [1.54, 1.807) is 11.3 Å². The van der Waals surface area contributed by atoms with Gasteiger partial charge < -0.3 is 0 Å². The molecule has 0 unspecified atom stereocenters. The molecule has 0 spiro atoms. The Hall–Kier alpha value is -0.500. The third-order valence-electron chi connectivity index (χ3n) is 2.03. The van der Waals surface area contributed by atoms with Gasteiger partial charge in [-0.3, -0.25) is 0 Å². The number of benzene rings is 1. The molecule has 0 N–H and O–H groups in total. The second kappa shape index (κ2) is 3.93. The largest absolute Gasteiger partial charge is 0.192 e. The first kappa shape index (κ1) is 10.0. The fraction of sp³-hybridized carbons (Fsp3) is 0.100. The highest BCUT2D eigenvalue weighted by molar-refractivity contribution is 9.08. The molecule has 0 saturated heterocycles. The van der Waals surface area contributed by atoms with Crippen molar-refractivity contribution in [3.05, 3.63) is 29.3 Å². The molecule has 0 aliphatic heterocycles. The van der Waals surface area contributed by atoms with Crippen molar-refractivity contribution in [2.24, 2.45) is 0 Å². The molecule has 0 aliphatic carbocycles. The SMILES string of the molecule is N#Cc1c(CBr)ccc2sc(S)cc12. The molecule has 14 heavy (non-hydrogen) atoms. The Morgan fingerprint density at radius 3 is 2.93 bits per heavy atom. The summed E-state index contributed by atoms with van der Waals surface area (Å²) in [5, 5.41) is 10.8. The summed E-state index contributed by atoms with van der Waals surface area (Å²) in [6, 6.07) is 8.22. The lowest BCUT2D eigenvalue weighted by Crippen LogP contribution is -1.85. The van der Waals surface area contributed by atoms with Gasteiger partial charge >= 0.3 is 0 Å². The van der Waals surface area contributed by atoms with Crippen molar-refractivity contribution < 1.29 is 0 Å². The first-order chi connectivity index (χ1) is 6.76. The van der Waals surface area contributed by atoms with E-state index in [1.807, 2.05) is 18.2 Å². The lowest BCUT2D eigenvalue weighted by Gasteiger charge is -1.99. The van der Waals surface area contributed by atoms with E-state index in [0.717, 1.165) is 25.4 Å². The topological polar surface area (TPSA) is 23.8 Å². The van der Waals surface area contributed by atoms with Crippen LogP contribution >= 0.6 is 39.9 Å². The Morgan fingerprint density at radius 2 is 2.29 bits per heavy atom. The molecule has 1 heterocycles. The molecular weight excluding hydrogens is 278 g/mol. The second-order valence-corrected chi connectivity index (χ2v) is 5.27. The third-order valence-corrected chi connectivity index (χ3v) is 3.94. The van der Waals surface area contributed by atoms with Crippen LogP contribution in [0.15, 0.2) is 22.4 Å². The molecule has 0 atom stereocenters. The van der Waals surface area contributed by atoms with Gasteiger partial charge in [-0.25, -0.2) is 0 Å². The molecule has 1 aromatic heterocycles. The normalized spacial score (nSPS) is 10.4. The summed E-state index contributed by atoms with van der Waals surface area (Å²) in [4.78, 5) is 0. The number of thiol groups is 1. The van der Waals surface area contributed by atoms with Gasteiger partial charge in [0.2, 0.25) is 0 Å². The van der Waals surface area contributed by atoms with Crippen LogP contribution in [0.5, 0.6) is 0 Å². The van der Waals surface area contributed by atoms with Crippen LogP contribution in [0.2, 0.25) is 0 Å². The van der Waals surface area contributed by atoms with Crippen molar-refractivity contribution >= 4 is 50.0 Å². The molecule has 0 amide bonds. The molecule has 0 aliphatic rings. The molecule has 4 heteroatoms. The highest BCUT2D eigenvalue weighted by atomic mass is 79.9. The highest BCUT2D eigenvalue weighted by Gasteiger charge is 2.08. The Balaban J connectivity index is 2.84. The molecule has 70 valence electrons. The molecule has 0 radical (unpaired) electrons. The number of fused-ring (bicyclic) bond motifs is 1. The van der Waals surface area contributed by atoms with E-state index >= 15 is 0 Å². The van der Waals surface area contributed by atoms with Gasteiger partial charge in [0.1, 0.15) is 6.07 Å². The third kappa shape index (κ3) is 1.56. The summed E-state index contributed by atoms with van der Waals surface area (Å²) in [7, 11) is 0. The van der Waals surface area contributed by atoms with Crippen molar-refractivity contribution in [1.82, 2.24) is 0 Å². The number of nitriles is 1. The van der Waals surface area contributed by atoms with Crippen molar-refractivity contribution in [2.75, 3.05) is 0 Å². The van der Waals surface area contributed by atoms with E-state index < -0.39 is 0 Å². The first-order valence-corrected chi connectivity index (χ1v) is 6.35. The average Bonchev–Trinajstić information content (AvgIpc) is 2.56. The summed E-state index contributed by atoms with van der Waals surface area (Å²) in [6.07, 6.45) is 0. The van der Waals surface area contributed by atoms with Crippen LogP contribution in [-0.4, -0.2) is 0 Å². The maximum absolute atomic E-state index is 9.07. The number of nitrogens with zero attached hydrogens (tertiary/aromatic N) is 1. The van der Waals surface area contributed by atoms with Crippen LogP contribution in [-0.2, 0) is 5.33 Å². The number of hydrogen-bond donors (Lipinski definition) is 1. The minimum atomic E-state index is 0.712. The Bertz CT molecular complexity index is 525. The zero-order valence-electron chi connectivity index (χ0n) is 7.12. The van der Waals surface area contributed by atoms with E-state index in [1.165, 1.54) is 0 Å². The minimum Gasteiger partial charge on any atom is -0.192 e. The van der Waals surface area contributed by atoms with Crippen LogP contribution < -0.4 is 0 Å². The summed E-state index contributed by atoms with van der Waals surface area (Å²) >= 11 is 9.26. The fourth-order valence-electron chi connectivity index (χ4n) is 1.39. The highest BCUT2D eigenvalue weighted by Crippen LogP contribution is 2.32. The Morgan fingerprint density at radius 1 is 1.50 bits per heavy atom. The van der Waals surface area contributed by atoms with Crippen molar-refractivity contribution in [3.63, 3.8) is 0 Å². The van der Waals surface area contributed by atoms with E-state index in [2.05, 4.69) is 34.6 Å². The summed E-state index contributed by atoms with van der Waals surface area (Å²) in [5.41, 5.74) is 1.79. The number of hydrogen-bond acceptors (Lipinski definition) is 3. The summed E-state index contributed by atoms with van der Waals surface area (Å²) in [5.74, 6) is 0. The molecule has 0 fully saturated rings. The van der Waals surface area contributed by atoms with Crippen molar-refractivity contribution in [3.8, 4) is 6.07 Å². The summed E-state index contributed by atoms with van der Waals surface area (Å²) < 4.78 is 2.07. The quantitative estimate of drug-likeness (QED) is 0.622. The smallest absolute Gasteiger partial charge is 0.100 e. The second-order valence-electron chi connectivity index (χ2n) is 2.84. The monoisotopic (exact) mass is 283 g/mol. The van der Waals surface area contributed by atoms with Crippen LogP contribution in [0, 0.1) is 11.3 Å². The Kier molecular flexibility index (Phi) is 2.82. The van der Waals surface area contributed by atoms with Crippen LogP contribution in [0.1, 0.15) is 11.1 Å². The van der Waals surface area contributed by atoms with Crippen LogP contribution in [0.25, 0.3) is 10.1 Å². The van der Waals surface area contributed by atoms with Gasteiger partial charge in [-0.15, -0.1) is 24.0 Å². The van der Waals surface area contributed by atoms with Crippen molar-refractivity contribution in [2.45, 2.75) is 9.54 Å². The van der Waals surface area contributed by atoms with Gasteiger partial charge in [0.05, 0.1) is 9.77 Å². The standard InChI is InChI=1S/C10H6BrNS2/c11-4-6-1-2-9-7(8(6)5-12)3-10(13)14-9/h1-3,13H,4H2. The molecular formula is C10H6BrNS2. The molecule has 0 saturated carbocycles. The number of halogens is 1. The molecule has 1 aromatic carbocycles. The van der Waals surface area contributed by atoms with Gasteiger partial charge in [-0.05, 0) is 17.7 Å². The lowest BCUT2D eigenvalue weighted by atomic mass is 10.1. The number of thiophene rings is 1. The maximum atomic E-state index is 9.07. The van der Waals surface area contributed by atoms with E-state index in [0.29, 0.717) is 5.33 Å².